The highest BCUT2D eigenvalue weighted by atomic mass is 32.2. The maximum atomic E-state index is 15.8. The number of para-hydroxylation sites is 2. The van der Waals surface area contributed by atoms with E-state index in [1.807, 2.05) is 6.92 Å². The van der Waals surface area contributed by atoms with Crippen molar-refractivity contribution in [3.8, 4) is 5.75 Å². The molecule has 5 aromatic rings. The van der Waals surface area contributed by atoms with Crippen LogP contribution in [0.5, 0.6) is 5.75 Å². The van der Waals surface area contributed by atoms with E-state index in [9.17, 15) is 63.0 Å². The second-order valence-electron chi connectivity index (χ2n) is 33.6. The summed E-state index contributed by atoms with van der Waals surface area (Å²) in [4.78, 5) is 273. The number of nitrogens with one attached hydrogen (secondary N) is 12. The van der Waals surface area contributed by atoms with Gasteiger partial charge in [0.2, 0.25) is 100 Å². The lowest BCUT2D eigenvalue weighted by molar-refractivity contribution is -0.149. The molecule has 0 saturated carbocycles. The molecular weight excluding hydrogens is 1750 g/mol. The van der Waals surface area contributed by atoms with Crippen LogP contribution < -0.4 is 86.6 Å². The molecule has 44 heteroatoms. The molecule has 17 amide bonds. The molecule has 2 aromatic heterocycles. The summed E-state index contributed by atoms with van der Waals surface area (Å²) in [6.07, 6.45) is 0.383. The summed E-state index contributed by atoms with van der Waals surface area (Å²) in [5, 5.41) is 48.9. The average Bonchev–Trinajstić information content (AvgIpc) is 1.73. The molecule has 15 atom stereocenters. The second kappa shape index (κ2) is 51.3. The highest BCUT2D eigenvalue weighted by Crippen LogP contribution is 2.28. The van der Waals surface area contributed by atoms with E-state index in [0.717, 1.165) is 36.3 Å². The number of carbonyl (C=O) groups is 18. The van der Waals surface area contributed by atoms with Gasteiger partial charge in [0, 0.05) is 113 Å². The minimum absolute atomic E-state index is 0.0189. The number of primary amides is 2. The van der Waals surface area contributed by atoms with Crippen molar-refractivity contribution < 1.29 is 101 Å². The zero-order chi connectivity index (χ0) is 97.4. The predicted molar refractivity (Wildman–Crippen MR) is 489 cm³/mol. The Morgan fingerprint density at radius 1 is 0.511 bits per heavy atom. The Morgan fingerprint density at radius 2 is 1.04 bits per heavy atom. The van der Waals surface area contributed by atoms with E-state index in [1.54, 1.807) is 92.1 Å². The van der Waals surface area contributed by atoms with Crippen molar-refractivity contribution in [3.05, 3.63) is 102 Å². The molecule has 133 heavy (non-hydrogen) atoms. The molecule has 5 heterocycles. The van der Waals surface area contributed by atoms with Crippen LogP contribution in [0.4, 0.5) is 0 Å². The fraction of sp³-hybridized carbons (Fsp3) is 0.551. The molecule has 0 radical (unpaired) electrons. The van der Waals surface area contributed by atoms with Crippen molar-refractivity contribution in [1.29, 1.82) is 0 Å². The van der Waals surface area contributed by atoms with Crippen LogP contribution in [0.2, 0.25) is 0 Å². The molecule has 3 fully saturated rings. The molecule has 0 aliphatic carbocycles. The molecule has 3 aromatic carbocycles. The van der Waals surface area contributed by atoms with Crippen LogP contribution in [-0.4, -0.2) is 321 Å². The molecule has 8 rings (SSSR count). The van der Waals surface area contributed by atoms with Gasteiger partial charge < -0.3 is 131 Å². The van der Waals surface area contributed by atoms with Crippen LogP contribution in [0.25, 0.3) is 21.8 Å². The third-order valence-electron chi connectivity index (χ3n) is 24.0. The van der Waals surface area contributed by atoms with E-state index in [0.29, 0.717) is 69.9 Å². The second-order valence-corrected chi connectivity index (χ2v) is 34.6. The maximum absolute atomic E-state index is 15.8. The van der Waals surface area contributed by atoms with Gasteiger partial charge in [-0.25, -0.2) is 0 Å². The number of H-pyrrole nitrogens is 2. The standard InChI is InChI=1S/C89H128N22O21S/c1-8-10-24-68-82(124)100-59(31-32-75(116)117)78(120)106-67(77(119)97-45-73(94)114)47-133-48-74(115)98-63(37-50-27-29-54(132-7)30-28-50)85(127)107(4)49(3)76(118)103-65(41-72(93)113)88(130)110-36-18-26-69(110)83(125)105-66(42-92)81(123)101-61(23-16-17-34-90)87(129)111-46-53(112)40-71(111)84(126)102-62(38-51-43-95-57-21-14-12-19-55(51)57)80(122)99-60(33-35-91)79(121)104-64(39-52-44-96-58-22-15-13-20-56(52)58)86(128)109(6)70(25-11-9-2)89(131)108(68)5/h12-15,19-22,27-30,43-44,49,53,59-71,95-96,112H,8-11,16-18,23-26,31-42,45-48,90-92H2,1-7H3,(H2,93,113)(H2,94,114)(H,97,119)(H,98,115)(H,99,122)(H,100,124)(H,101,123)(H,102,126)(H,103,118)(H,104,121)(H,105,125)(H,106,120)(H,116,117)/t49-,53+,59-,60-,61-,62-,63-,64-,65-,66-,67-,68-,69-,70-,71-/m0/s1. The fourth-order valence-corrected chi connectivity index (χ4v) is 17.2. The molecule has 0 spiro atoms. The summed E-state index contributed by atoms with van der Waals surface area (Å²) in [5.74, 6) is -18.3. The molecule has 3 aliphatic rings. The van der Waals surface area contributed by atoms with Crippen LogP contribution in [0, 0.1) is 0 Å². The lowest BCUT2D eigenvalue weighted by atomic mass is 9.99. The van der Waals surface area contributed by atoms with E-state index >= 15 is 33.6 Å². The van der Waals surface area contributed by atoms with Gasteiger partial charge in [-0.05, 0) is 119 Å². The van der Waals surface area contributed by atoms with Crippen molar-refractivity contribution in [2.45, 2.75) is 233 Å². The van der Waals surface area contributed by atoms with Crippen molar-refractivity contribution >= 4 is 140 Å². The first-order valence-electron chi connectivity index (χ1n) is 44.7. The number of aliphatic hydroxyl groups excluding tert-OH is 1. The van der Waals surface area contributed by atoms with Crippen LogP contribution in [-0.2, 0) is 106 Å². The number of hydrogen-bond donors (Lipinski definition) is 19. The first kappa shape index (κ1) is 106. The van der Waals surface area contributed by atoms with E-state index in [1.165, 1.54) is 35.2 Å². The van der Waals surface area contributed by atoms with Crippen molar-refractivity contribution in [3.63, 3.8) is 0 Å². The van der Waals surface area contributed by atoms with Gasteiger partial charge in [0.15, 0.2) is 0 Å². The number of methoxy groups -OCH3 is 1. The number of aliphatic hydroxyl groups is 1. The number of ether oxygens (including phenoxy) is 1. The molecule has 3 aliphatic heterocycles. The number of carboxylic acids is 1. The van der Waals surface area contributed by atoms with Gasteiger partial charge in [0.05, 0.1) is 31.9 Å². The third-order valence-corrected chi connectivity index (χ3v) is 25.0. The summed E-state index contributed by atoms with van der Waals surface area (Å²) in [5.41, 5.74) is 32.3. The molecule has 726 valence electrons. The van der Waals surface area contributed by atoms with E-state index in [2.05, 4.69) is 63.1 Å². The monoisotopic (exact) mass is 1870 g/mol. The Morgan fingerprint density at radius 3 is 1.64 bits per heavy atom. The summed E-state index contributed by atoms with van der Waals surface area (Å²) in [6, 6.07) is -1.32. The van der Waals surface area contributed by atoms with Crippen LogP contribution in [0.1, 0.15) is 140 Å². The highest BCUT2D eigenvalue weighted by Gasteiger charge is 2.47. The number of aliphatic carboxylic acids is 1. The molecule has 24 N–H and O–H groups in total. The van der Waals surface area contributed by atoms with Gasteiger partial charge >= 0.3 is 5.97 Å². The zero-order valence-electron chi connectivity index (χ0n) is 76.0. The SMILES string of the molecule is CCCC[C@H]1C(=O)N(C)[C@@H](CCCC)C(=O)N[C@@H](CCC(=O)O)C(=O)N[C@H](C(=O)NCC(N)=O)CSCC(=O)N[C@@H](Cc2ccc(OC)cc2)C(=O)N(C)[C@@H](C)C(=O)N[C@@H](CC(N)=O)C(=O)N2CCC[C@H]2C(=O)N[C@@H](CN)C(=O)N[C@@H](CCCCN)C(=O)N2C[C@H](O)C[C@H]2C(=O)N[C@@H](Cc2c[nH]c3ccccc23)C(=O)N[C@@H](CCN)C(=O)N[C@@H](Cc2c[nH]c3ccccc23)C(=O)N1C. The Kier molecular flexibility index (Phi) is 40.7. The summed E-state index contributed by atoms with van der Waals surface area (Å²) >= 11 is 0.729. The Bertz CT molecular complexity index is 4960. The van der Waals surface area contributed by atoms with Gasteiger partial charge in [-0.2, -0.15) is 0 Å². The van der Waals surface area contributed by atoms with Crippen LogP contribution in [0.15, 0.2) is 85.2 Å². The Hall–Kier alpha value is -12.8. The van der Waals surface area contributed by atoms with Crippen molar-refractivity contribution in [2.75, 3.05) is 79.0 Å². The summed E-state index contributed by atoms with van der Waals surface area (Å²) < 4.78 is 5.33. The normalized spacial score (nSPS) is 24.9. The number of amides is 17. The number of fused-ring (bicyclic) bond motifs is 4. The summed E-state index contributed by atoms with van der Waals surface area (Å²) in [6.45, 7) is 2.89. The number of hydrogen-bond acceptors (Lipinski definition) is 24. The number of aromatic nitrogens is 2. The molecule has 0 bridgehead atoms. The number of benzene rings is 3. The number of nitrogens with zero attached hydrogens (tertiary/aromatic N) is 5. The molecular formula is C89H128N22O21S. The van der Waals surface area contributed by atoms with E-state index < -0.39 is 247 Å². The molecule has 3 saturated heterocycles. The Labute approximate surface area is 773 Å². The quantitative estimate of drug-likeness (QED) is 0.0215. The largest absolute Gasteiger partial charge is 0.497 e. The van der Waals surface area contributed by atoms with Crippen LogP contribution in [0.3, 0.4) is 0 Å². The van der Waals surface area contributed by atoms with Gasteiger partial charge in [-0.15, -0.1) is 11.8 Å². The number of unbranched alkanes of at least 4 members (excludes halogenated alkanes) is 3. The molecule has 0 unspecified atom stereocenters. The number of nitrogens with two attached hydrogens (primary N) is 5. The number of aromatic amines is 2. The number of rotatable bonds is 28. The number of carbonyl (C=O) groups excluding carboxylic acids is 17. The number of thioether (sulfide) groups is 1. The smallest absolute Gasteiger partial charge is 0.303 e. The predicted octanol–water partition coefficient (Wildman–Crippen LogP) is -3.59. The topological polar surface area (TPSA) is 655 Å². The van der Waals surface area contributed by atoms with Crippen LogP contribution >= 0.6 is 11.8 Å². The zero-order valence-corrected chi connectivity index (χ0v) is 76.8. The lowest BCUT2D eigenvalue weighted by Gasteiger charge is -2.36. The van der Waals surface area contributed by atoms with E-state index in [4.69, 9.17) is 33.4 Å². The first-order chi connectivity index (χ1) is 63.4. The minimum Gasteiger partial charge on any atom is -0.497 e. The third kappa shape index (κ3) is 29.6. The van der Waals surface area contributed by atoms with E-state index in [-0.39, 0.29) is 96.7 Å². The molecule has 43 nitrogen and oxygen atoms in total. The fourth-order valence-electron chi connectivity index (χ4n) is 16.4. The highest BCUT2D eigenvalue weighted by molar-refractivity contribution is 8.00. The van der Waals surface area contributed by atoms with Gasteiger partial charge in [-0.1, -0.05) is 88.1 Å². The first-order valence-corrected chi connectivity index (χ1v) is 45.9. The van der Waals surface area contributed by atoms with Crippen molar-refractivity contribution in [2.24, 2.45) is 28.7 Å². The number of likely N-dealkylation sites (N-methyl/N-ethyl adjacent to an activating group) is 3. The average molecular weight is 1870 g/mol. The summed E-state index contributed by atoms with van der Waals surface area (Å²) in [7, 11) is 5.30. The van der Waals surface area contributed by atoms with Gasteiger partial charge in [0.25, 0.3) is 0 Å². The minimum atomic E-state index is -1.78. The maximum Gasteiger partial charge on any atom is 0.303 e. The van der Waals surface area contributed by atoms with Gasteiger partial charge in [-0.3, -0.25) is 86.3 Å². The van der Waals surface area contributed by atoms with Gasteiger partial charge in [0.1, 0.15) is 90.3 Å². The Balaban J connectivity index is 1.19. The number of carboxylic acid groups (broad SMARTS) is 1. The van der Waals surface area contributed by atoms with Crippen molar-refractivity contribution in [1.82, 2.24) is 87.6 Å². The lowest BCUT2D eigenvalue weighted by Crippen LogP contribution is -2.61.